The van der Waals surface area contributed by atoms with Gasteiger partial charge in [-0.25, -0.2) is 0 Å². The molecule has 2 unspecified atom stereocenters. The van der Waals surface area contributed by atoms with E-state index in [2.05, 4.69) is 5.32 Å². The maximum Gasteiger partial charge on any atom is 0.255 e. The van der Waals surface area contributed by atoms with Crippen molar-refractivity contribution in [3.63, 3.8) is 0 Å². The summed E-state index contributed by atoms with van der Waals surface area (Å²) in [6, 6.07) is 4.56. The second kappa shape index (κ2) is 3.46. The van der Waals surface area contributed by atoms with Gasteiger partial charge in [0.15, 0.2) is 11.5 Å². The monoisotopic (exact) mass is 207 g/mol. The number of aromatic hydroxyl groups is 2. The predicted octanol–water partition coefficient (Wildman–Crippen LogP) is 1.24. The van der Waals surface area contributed by atoms with E-state index in [4.69, 9.17) is 0 Å². The lowest BCUT2D eigenvalue weighted by atomic mass is 10.1. The first-order valence-electron chi connectivity index (χ1n) is 4.91. The molecule has 0 heterocycles. The summed E-state index contributed by atoms with van der Waals surface area (Å²) in [5, 5.41) is 21.5. The Hall–Kier alpha value is -1.71. The average Bonchev–Trinajstić information content (AvgIpc) is 2.86. The summed E-state index contributed by atoms with van der Waals surface area (Å²) in [4.78, 5) is 11.6. The number of rotatable bonds is 2. The topological polar surface area (TPSA) is 69.6 Å². The van der Waals surface area contributed by atoms with E-state index in [1.54, 1.807) is 0 Å². The Balaban J connectivity index is 2.14. The van der Waals surface area contributed by atoms with E-state index in [1.807, 2.05) is 6.92 Å². The molecule has 15 heavy (non-hydrogen) atoms. The minimum absolute atomic E-state index is 0.120. The van der Waals surface area contributed by atoms with Crippen LogP contribution >= 0.6 is 0 Å². The summed E-state index contributed by atoms with van der Waals surface area (Å²) in [6.45, 7) is 2.05. The molecule has 0 saturated heterocycles. The number of hydrogen-bond acceptors (Lipinski definition) is 3. The van der Waals surface area contributed by atoms with Gasteiger partial charge in [0.05, 0.1) is 5.56 Å². The van der Waals surface area contributed by atoms with Gasteiger partial charge in [0.25, 0.3) is 5.91 Å². The molecule has 2 atom stereocenters. The third-order valence-electron chi connectivity index (χ3n) is 2.69. The highest BCUT2D eigenvalue weighted by molar-refractivity contribution is 5.97. The Labute approximate surface area is 87.6 Å². The van der Waals surface area contributed by atoms with E-state index in [9.17, 15) is 15.0 Å². The molecular formula is C11H13NO3. The lowest BCUT2D eigenvalue weighted by Gasteiger charge is -2.06. The molecule has 80 valence electrons. The zero-order chi connectivity index (χ0) is 11.0. The van der Waals surface area contributed by atoms with Gasteiger partial charge in [-0.15, -0.1) is 0 Å². The molecule has 2 rings (SSSR count). The van der Waals surface area contributed by atoms with Gasteiger partial charge in [-0.1, -0.05) is 13.0 Å². The van der Waals surface area contributed by atoms with Gasteiger partial charge in [-0.3, -0.25) is 4.79 Å². The molecule has 1 aromatic carbocycles. The van der Waals surface area contributed by atoms with Crippen molar-refractivity contribution in [3.05, 3.63) is 23.8 Å². The second-order valence-electron chi connectivity index (χ2n) is 3.97. The van der Waals surface area contributed by atoms with Gasteiger partial charge in [-0.05, 0) is 24.5 Å². The number of para-hydroxylation sites is 1. The van der Waals surface area contributed by atoms with Crippen molar-refractivity contribution in [1.29, 1.82) is 0 Å². The number of carbonyl (C=O) groups is 1. The van der Waals surface area contributed by atoms with Crippen LogP contribution in [0, 0.1) is 5.92 Å². The van der Waals surface area contributed by atoms with Gasteiger partial charge in [0.2, 0.25) is 0 Å². The molecule has 0 bridgehead atoms. The van der Waals surface area contributed by atoms with Crippen molar-refractivity contribution in [1.82, 2.24) is 5.32 Å². The third kappa shape index (κ3) is 1.88. The SMILES string of the molecule is CC1CC1NC(=O)c1cccc(O)c1O. The van der Waals surface area contributed by atoms with Crippen molar-refractivity contribution in [3.8, 4) is 11.5 Å². The number of benzene rings is 1. The standard InChI is InChI=1S/C11H13NO3/c1-6-5-8(6)12-11(15)7-3-2-4-9(13)10(7)14/h2-4,6,8,13-14H,5H2,1H3,(H,12,15). The van der Waals surface area contributed by atoms with E-state index in [1.165, 1.54) is 18.2 Å². The number of hydrogen-bond donors (Lipinski definition) is 3. The molecule has 4 heteroatoms. The van der Waals surface area contributed by atoms with Crippen LogP contribution in [0.3, 0.4) is 0 Å². The summed E-state index contributed by atoms with van der Waals surface area (Å²) in [5.41, 5.74) is 0.120. The first-order valence-corrected chi connectivity index (χ1v) is 4.91. The fraction of sp³-hybridized carbons (Fsp3) is 0.364. The minimum atomic E-state index is -0.358. The summed E-state index contributed by atoms with van der Waals surface area (Å²) >= 11 is 0. The van der Waals surface area contributed by atoms with E-state index < -0.39 is 0 Å². The second-order valence-corrected chi connectivity index (χ2v) is 3.97. The van der Waals surface area contributed by atoms with E-state index in [0.29, 0.717) is 5.92 Å². The minimum Gasteiger partial charge on any atom is -0.504 e. The predicted molar refractivity (Wildman–Crippen MR) is 54.8 cm³/mol. The summed E-state index contributed by atoms with van der Waals surface area (Å²) < 4.78 is 0. The lowest BCUT2D eigenvalue weighted by Crippen LogP contribution is -2.26. The summed E-state index contributed by atoms with van der Waals surface area (Å²) in [7, 11) is 0. The average molecular weight is 207 g/mol. The molecule has 4 nitrogen and oxygen atoms in total. The van der Waals surface area contributed by atoms with E-state index in [0.717, 1.165) is 6.42 Å². The number of nitrogens with one attached hydrogen (secondary N) is 1. The van der Waals surface area contributed by atoms with Crippen LogP contribution in [0.15, 0.2) is 18.2 Å². The van der Waals surface area contributed by atoms with E-state index in [-0.39, 0.29) is 29.0 Å². The maximum absolute atomic E-state index is 11.6. The molecule has 1 aliphatic carbocycles. The molecule has 0 aliphatic heterocycles. The first-order chi connectivity index (χ1) is 7.09. The molecule has 1 aromatic rings. The number of phenols is 2. The first kappa shape index (κ1) is 9.83. The number of amides is 1. The molecule has 0 aromatic heterocycles. The molecule has 3 N–H and O–H groups in total. The van der Waals surface area contributed by atoms with Crippen LogP contribution in [0.1, 0.15) is 23.7 Å². The van der Waals surface area contributed by atoms with Crippen LogP contribution in [-0.2, 0) is 0 Å². The Morgan fingerprint density at radius 3 is 2.73 bits per heavy atom. The van der Waals surface area contributed by atoms with Gasteiger partial charge in [0, 0.05) is 6.04 Å². The fourth-order valence-corrected chi connectivity index (χ4v) is 1.48. The molecule has 1 amide bonds. The van der Waals surface area contributed by atoms with Gasteiger partial charge in [0.1, 0.15) is 0 Å². The third-order valence-corrected chi connectivity index (χ3v) is 2.69. The Bertz CT molecular complexity index is 403. The molecule has 0 radical (unpaired) electrons. The molecule has 1 saturated carbocycles. The molecule has 0 spiro atoms. The molecule has 1 aliphatic rings. The van der Waals surface area contributed by atoms with Crippen molar-refractivity contribution >= 4 is 5.91 Å². The zero-order valence-electron chi connectivity index (χ0n) is 8.40. The van der Waals surface area contributed by atoms with Crippen LogP contribution in [0.25, 0.3) is 0 Å². The maximum atomic E-state index is 11.6. The summed E-state index contributed by atoms with van der Waals surface area (Å²) in [5.74, 6) is -0.457. The van der Waals surface area contributed by atoms with E-state index >= 15 is 0 Å². The van der Waals surface area contributed by atoms with Crippen molar-refractivity contribution in [2.24, 2.45) is 5.92 Å². The quantitative estimate of drug-likeness (QED) is 0.639. The van der Waals surface area contributed by atoms with Gasteiger partial charge < -0.3 is 15.5 Å². The highest BCUT2D eigenvalue weighted by Gasteiger charge is 2.34. The van der Waals surface area contributed by atoms with Crippen LogP contribution in [-0.4, -0.2) is 22.2 Å². The summed E-state index contributed by atoms with van der Waals surface area (Å²) in [6.07, 6.45) is 0.977. The van der Waals surface area contributed by atoms with Gasteiger partial charge in [-0.2, -0.15) is 0 Å². The molecule has 1 fully saturated rings. The van der Waals surface area contributed by atoms with Crippen LogP contribution in [0.4, 0.5) is 0 Å². The highest BCUT2D eigenvalue weighted by atomic mass is 16.3. The van der Waals surface area contributed by atoms with Crippen molar-refractivity contribution in [2.75, 3.05) is 0 Å². The largest absolute Gasteiger partial charge is 0.504 e. The molecular weight excluding hydrogens is 194 g/mol. The Morgan fingerprint density at radius 2 is 2.13 bits per heavy atom. The van der Waals surface area contributed by atoms with Crippen molar-refractivity contribution in [2.45, 2.75) is 19.4 Å². The fourth-order valence-electron chi connectivity index (χ4n) is 1.48. The van der Waals surface area contributed by atoms with Crippen LogP contribution < -0.4 is 5.32 Å². The zero-order valence-corrected chi connectivity index (χ0v) is 8.40. The number of carbonyl (C=O) groups excluding carboxylic acids is 1. The van der Waals surface area contributed by atoms with Gasteiger partial charge >= 0.3 is 0 Å². The van der Waals surface area contributed by atoms with Crippen LogP contribution in [0.5, 0.6) is 11.5 Å². The highest BCUT2D eigenvalue weighted by Crippen LogP contribution is 2.31. The Kier molecular flexibility index (Phi) is 2.26. The normalized spacial score (nSPS) is 23.5. The lowest BCUT2D eigenvalue weighted by molar-refractivity contribution is 0.0946. The Morgan fingerprint density at radius 1 is 1.47 bits per heavy atom. The van der Waals surface area contributed by atoms with Crippen LogP contribution in [0.2, 0.25) is 0 Å². The van der Waals surface area contributed by atoms with Crippen molar-refractivity contribution < 1.29 is 15.0 Å². The smallest absolute Gasteiger partial charge is 0.255 e. The number of phenolic OH excluding ortho intramolecular Hbond substituents is 2.